The highest BCUT2D eigenvalue weighted by molar-refractivity contribution is 7.10. The van der Waals surface area contributed by atoms with Crippen LogP contribution in [-0.4, -0.2) is 19.1 Å². The van der Waals surface area contributed by atoms with Gasteiger partial charge in [-0.25, -0.2) is 0 Å². The number of thiophene rings is 1. The number of hydrogen-bond acceptors (Lipinski definition) is 4. The third-order valence-corrected chi connectivity index (χ3v) is 5.25. The topological polar surface area (TPSA) is 38.3 Å². The van der Waals surface area contributed by atoms with Gasteiger partial charge in [0.15, 0.2) is 0 Å². The Hall–Kier alpha value is -0.870. The minimum absolute atomic E-state index is 0.0914. The molecule has 1 aromatic heterocycles. The maximum atomic E-state index is 11.6. The smallest absolute Gasteiger partial charge is 0.307 e. The third-order valence-electron chi connectivity index (χ3n) is 4.26. The van der Waals surface area contributed by atoms with Gasteiger partial charge in [0.05, 0.1) is 19.6 Å². The Morgan fingerprint density at radius 3 is 2.75 bits per heavy atom. The van der Waals surface area contributed by atoms with Gasteiger partial charge in [0.1, 0.15) is 0 Å². The molecule has 0 aromatic carbocycles. The molecule has 0 radical (unpaired) electrons. The number of carbonyl (C=O) groups is 1. The van der Waals surface area contributed by atoms with E-state index >= 15 is 0 Å². The number of hydrogen-bond donors (Lipinski definition) is 1. The Bertz CT molecular complexity index is 418. The first-order valence-corrected chi connectivity index (χ1v) is 8.24. The minimum Gasteiger partial charge on any atom is -0.469 e. The lowest BCUT2D eigenvalue weighted by Gasteiger charge is -2.36. The zero-order valence-electron chi connectivity index (χ0n) is 12.6. The first-order chi connectivity index (χ1) is 9.50. The van der Waals surface area contributed by atoms with Crippen molar-refractivity contribution in [1.82, 2.24) is 5.32 Å². The van der Waals surface area contributed by atoms with Crippen LogP contribution in [0.15, 0.2) is 17.5 Å². The van der Waals surface area contributed by atoms with Crippen molar-refractivity contribution in [1.29, 1.82) is 0 Å². The van der Waals surface area contributed by atoms with Crippen LogP contribution in [0, 0.1) is 5.41 Å². The van der Waals surface area contributed by atoms with Gasteiger partial charge in [0.25, 0.3) is 0 Å². The van der Waals surface area contributed by atoms with Crippen LogP contribution >= 0.6 is 11.3 Å². The van der Waals surface area contributed by atoms with E-state index in [1.165, 1.54) is 37.7 Å². The Morgan fingerprint density at radius 2 is 2.20 bits per heavy atom. The van der Waals surface area contributed by atoms with Crippen LogP contribution < -0.4 is 5.32 Å². The van der Waals surface area contributed by atoms with E-state index < -0.39 is 0 Å². The summed E-state index contributed by atoms with van der Waals surface area (Å²) in [5, 5.41) is 5.73. The molecule has 1 N–H and O–H groups in total. The van der Waals surface area contributed by atoms with E-state index in [2.05, 4.69) is 30.6 Å². The summed E-state index contributed by atoms with van der Waals surface area (Å²) in [7, 11) is 1.46. The lowest BCUT2D eigenvalue weighted by Crippen LogP contribution is -2.38. The van der Waals surface area contributed by atoms with E-state index in [0.29, 0.717) is 17.9 Å². The summed E-state index contributed by atoms with van der Waals surface area (Å²) in [5.41, 5.74) is 0.471. The Kier molecular flexibility index (Phi) is 5.22. The van der Waals surface area contributed by atoms with Crippen molar-refractivity contribution >= 4 is 17.3 Å². The van der Waals surface area contributed by atoms with Gasteiger partial charge in [-0.05, 0) is 42.5 Å². The predicted octanol–water partition coefficient (Wildman–Crippen LogP) is 3.91. The molecule has 0 spiro atoms. The van der Waals surface area contributed by atoms with Crippen molar-refractivity contribution in [2.45, 2.75) is 58.0 Å². The van der Waals surface area contributed by atoms with Gasteiger partial charge < -0.3 is 10.1 Å². The molecule has 1 unspecified atom stereocenters. The molecule has 3 nitrogen and oxygen atoms in total. The zero-order valence-corrected chi connectivity index (χ0v) is 13.5. The zero-order chi connectivity index (χ0) is 14.6. The van der Waals surface area contributed by atoms with Gasteiger partial charge in [0, 0.05) is 10.9 Å². The van der Waals surface area contributed by atoms with Gasteiger partial charge in [-0.3, -0.25) is 4.79 Å². The number of rotatable bonds is 5. The van der Waals surface area contributed by atoms with E-state index in [9.17, 15) is 4.79 Å². The Morgan fingerprint density at radius 1 is 1.50 bits per heavy atom. The predicted molar refractivity (Wildman–Crippen MR) is 82.9 cm³/mol. The maximum absolute atomic E-state index is 11.6. The summed E-state index contributed by atoms with van der Waals surface area (Å²) in [6, 6.07) is 4.74. The standard InChI is InChI=1S/C16H25NO2S/c1-16(2)8-6-12(7-9-16)17-13(11-15(18)19-3)14-5-4-10-20-14/h4-5,10,12-13,17H,6-9,11H2,1-3H3. The van der Waals surface area contributed by atoms with Crippen molar-refractivity contribution < 1.29 is 9.53 Å². The maximum Gasteiger partial charge on any atom is 0.307 e. The van der Waals surface area contributed by atoms with Crippen molar-refractivity contribution in [3.63, 3.8) is 0 Å². The van der Waals surface area contributed by atoms with E-state index in [4.69, 9.17) is 4.74 Å². The molecule has 1 heterocycles. The molecule has 1 fully saturated rings. The highest BCUT2D eigenvalue weighted by atomic mass is 32.1. The summed E-state index contributed by atoms with van der Waals surface area (Å²) in [5.74, 6) is -0.146. The van der Waals surface area contributed by atoms with Gasteiger partial charge in [0.2, 0.25) is 0 Å². The average molecular weight is 295 g/mol. The quantitative estimate of drug-likeness (QED) is 0.837. The molecule has 0 amide bonds. The van der Waals surface area contributed by atoms with Gasteiger partial charge >= 0.3 is 5.97 Å². The summed E-state index contributed by atoms with van der Waals surface area (Å²) in [6.07, 6.45) is 5.29. The van der Waals surface area contributed by atoms with E-state index in [1.54, 1.807) is 11.3 Å². The van der Waals surface area contributed by atoms with Gasteiger partial charge in [-0.2, -0.15) is 0 Å². The highest BCUT2D eigenvalue weighted by Gasteiger charge is 2.29. The molecule has 0 bridgehead atoms. The second-order valence-corrected chi connectivity index (χ2v) is 7.43. The molecule has 2 rings (SSSR count). The van der Waals surface area contributed by atoms with Crippen LogP contribution in [0.1, 0.15) is 56.9 Å². The van der Waals surface area contributed by atoms with Crippen molar-refractivity contribution in [2.75, 3.05) is 7.11 Å². The van der Waals surface area contributed by atoms with Crippen LogP contribution in [0.4, 0.5) is 0 Å². The largest absolute Gasteiger partial charge is 0.469 e. The highest BCUT2D eigenvalue weighted by Crippen LogP contribution is 2.36. The molecule has 0 aliphatic heterocycles. The molecule has 1 aliphatic rings. The van der Waals surface area contributed by atoms with Crippen LogP contribution in [0.3, 0.4) is 0 Å². The van der Waals surface area contributed by atoms with E-state index in [-0.39, 0.29) is 12.0 Å². The second-order valence-electron chi connectivity index (χ2n) is 6.45. The SMILES string of the molecule is COC(=O)CC(NC1CCC(C)(C)CC1)c1cccs1. The molecule has 1 saturated carbocycles. The lowest BCUT2D eigenvalue weighted by atomic mass is 9.75. The van der Waals surface area contributed by atoms with E-state index in [0.717, 1.165) is 0 Å². The normalized spacial score (nSPS) is 20.6. The fourth-order valence-corrected chi connectivity index (χ4v) is 3.62. The lowest BCUT2D eigenvalue weighted by molar-refractivity contribution is -0.141. The summed E-state index contributed by atoms with van der Waals surface area (Å²) in [6.45, 7) is 4.68. The first-order valence-electron chi connectivity index (χ1n) is 7.36. The fraction of sp³-hybridized carbons (Fsp3) is 0.688. The summed E-state index contributed by atoms with van der Waals surface area (Å²) < 4.78 is 4.83. The molecule has 112 valence electrons. The molecule has 1 aliphatic carbocycles. The van der Waals surface area contributed by atoms with Crippen LogP contribution in [-0.2, 0) is 9.53 Å². The Labute approximate surface area is 125 Å². The molecular weight excluding hydrogens is 270 g/mol. The van der Waals surface area contributed by atoms with Crippen LogP contribution in [0.2, 0.25) is 0 Å². The van der Waals surface area contributed by atoms with Crippen molar-refractivity contribution in [3.8, 4) is 0 Å². The summed E-state index contributed by atoms with van der Waals surface area (Å²) in [4.78, 5) is 12.8. The minimum atomic E-state index is -0.146. The molecule has 4 heteroatoms. The van der Waals surface area contributed by atoms with Crippen LogP contribution in [0.5, 0.6) is 0 Å². The van der Waals surface area contributed by atoms with E-state index in [1.807, 2.05) is 6.07 Å². The monoisotopic (exact) mass is 295 g/mol. The third kappa shape index (κ3) is 4.32. The van der Waals surface area contributed by atoms with Crippen LogP contribution in [0.25, 0.3) is 0 Å². The van der Waals surface area contributed by atoms with Crippen molar-refractivity contribution in [3.05, 3.63) is 22.4 Å². The number of esters is 1. The van der Waals surface area contributed by atoms with Gasteiger partial charge in [-0.15, -0.1) is 11.3 Å². The molecule has 0 saturated heterocycles. The fourth-order valence-electron chi connectivity index (χ4n) is 2.83. The molecule has 1 aromatic rings. The molecule has 1 atom stereocenters. The summed E-state index contributed by atoms with van der Waals surface area (Å²) >= 11 is 1.70. The molecular formula is C16H25NO2S. The molecule has 20 heavy (non-hydrogen) atoms. The Balaban J connectivity index is 1.96. The number of methoxy groups -OCH3 is 1. The van der Waals surface area contributed by atoms with Crippen molar-refractivity contribution in [2.24, 2.45) is 5.41 Å². The number of carbonyl (C=O) groups excluding carboxylic acids is 1. The first kappa shape index (κ1) is 15.5. The van der Waals surface area contributed by atoms with Gasteiger partial charge in [-0.1, -0.05) is 19.9 Å². The number of ether oxygens (including phenoxy) is 1. The number of nitrogens with one attached hydrogen (secondary N) is 1. The second kappa shape index (κ2) is 6.72. The average Bonchev–Trinajstić information content (AvgIpc) is 2.94.